The van der Waals surface area contributed by atoms with Crippen molar-refractivity contribution in [1.29, 1.82) is 0 Å². The number of nitrogens with zero attached hydrogens (tertiary/aromatic N) is 1. The summed E-state index contributed by atoms with van der Waals surface area (Å²) in [6.45, 7) is 5.14. The summed E-state index contributed by atoms with van der Waals surface area (Å²) in [6.07, 6.45) is -0.0463. The monoisotopic (exact) mass is 447 g/mol. The smallest absolute Gasteiger partial charge is 0.243 e. The predicted octanol–water partition coefficient (Wildman–Crippen LogP) is 2.77. The van der Waals surface area contributed by atoms with Crippen LogP contribution in [-0.4, -0.2) is 58.6 Å². The standard InChI is InChI=1S/C22H29N3O5S/c1-16-7-8-20(14-21(16)31(27,28)25-9-11-30-12-10-25)24-22(26)15-23-19-6-4-5-18(13-19)17(2)29-3/h4-8,13-14,17,23H,9-12,15H2,1-3H3,(H,24,26). The molecule has 9 heteroatoms. The lowest BCUT2D eigenvalue weighted by molar-refractivity contribution is -0.114. The van der Waals surface area contributed by atoms with Crippen molar-refractivity contribution in [3.63, 3.8) is 0 Å². The molecule has 1 aliphatic rings. The Morgan fingerprint density at radius 3 is 2.61 bits per heavy atom. The number of anilines is 2. The normalized spacial score (nSPS) is 16.0. The fourth-order valence-corrected chi connectivity index (χ4v) is 4.97. The van der Waals surface area contributed by atoms with E-state index in [1.807, 2.05) is 31.2 Å². The van der Waals surface area contributed by atoms with Crippen LogP contribution in [0, 0.1) is 6.92 Å². The molecule has 0 saturated carbocycles. The molecule has 1 saturated heterocycles. The number of hydrogen-bond donors (Lipinski definition) is 2. The lowest BCUT2D eigenvalue weighted by atomic mass is 10.1. The Bertz CT molecular complexity index is 1020. The van der Waals surface area contributed by atoms with Gasteiger partial charge in [-0.15, -0.1) is 0 Å². The van der Waals surface area contributed by atoms with E-state index in [2.05, 4.69) is 10.6 Å². The van der Waals surface area contributed by atoms with Crippen molar-refractivity contribution in [2.75, 3.05) is 50.6 Å². The molecule has 8 nitrogen and oxygen atoms in total. The van der Waals surface area contributed by atoms with Gasteiger partial charge in [-0.05, 0) is 49.2 Å². The largest absolute Gasteiger partial charge is 0.379 e. The molecule has 2 N–H and O–H groups in total. The van der Waals surface area contributed by atoms with Gasteiger partial charge in [0.25, 0.3) is 0 Å². The first kappa shape index (κ1) is 23.2. The van der Waals surface area contributed by atoms with Gasteiger partial charge in [-0.3, -0.25) is 4.79 Å². The molecule has 0 radical (unpaired) electrons. The van der Waals surface area contributed by atoms with Gasteiger partial charge in [0.15, 0.2) is 0 Å². The molecule has 0 spiro atoms. The van der Waals surface area contributed by atoms with E-state index in [4.69, 9.17) is 9.47 Å². The number of rotatable bonds is 8. The number of nitrogens with one attached hydrogen (secondary N) is 2. The highest BCUT2D eigenvalue weighted by Gasteiger charge is 2.28. The van der Waals surface area contributed by atoms with E-state index in [9.17, 15) is 13.2 Å². The van der Waals surface area contributed by atoms with Crippen molar-refractivity contribution in [1.82, 2.24) is 4.31 Å². The number of morpholine rings is 1. The van der Waals surface area contributed by atoms with Crippen LogP contribution >= 0.6 is 0 Å². The average Bonchev–Trinajstić information content (AvgIpc) is 2.79. The fraction of sp³-hybridized carbons (Fsp3) is 0.409. The number of benzene rings is 2. The lowest BCUT2D eigenvalue weighted by Gasteiger charge is -2.26. The second-order valence-corrected chi connectivity index (χ2v) is 9.31. The maximum atomic E-state index is 13.0. The van der Waals surface area contributed by atoms with Crippen molar-refractivity contribution in [3.05, 3.63) is 53.6 Å². The molecule has 0 aliphatic carbocycles. The molecule has 31 heavy (non-hydrogen) atoms. The number of methoxy groups -OCH3 is 1. The lowest BCUT2D eigenvalue weighted by Crippen LogP contribution is -2.40. The van der Waals surface area contributed by atoms with Crippen molar-refractivity contribution in [2.45, 2.75) is 24.8 Å². The van der Waals surface area contributed by atoms with Gasteiger partial charge >= 0.3 is 0 Å². The molecule has 2 aromatic rings. The van der Waals surface area contributed by atoms with E-state index in [0.717, 1.165) is 11.3 Å². The maximum Gasteiger partial charge on any atom is 0.243 e. The SMILES string of the molecule is COC(C)c1cccc(NCC(=O)Nc2ccc(C)c(S(=O)(=O)N3CCOCC3)c2)c1. The van der Waals surface area contributed by atoms with Crippen LogP contribution in [0.25, 0.3) is 0 Å². The van der Waals surface area contributed by atoms with Crippen LogP contribution < -0.4 is 10.6 Å². The zero-order valence-corrected chi connectivity index (χ0v) is 18.9. The molecule has 0 bridgehead atoms. The second kappa shape index (κ2) is 10.2. The first-order valence-corrected chi connectivity index (χ1v) is 11.6. The summed E-state index contributed by atoms with van der Waals surface area (Å²) < 4.78 is 38.0. The topological polar surface area (TPSA) is 97.0 Å². The number of carbonyl (C=O) groups is 1. The van der Waals surface area contributed by atoms with Gasteiger partial charge in [0.05, 0.1) is 30.8 Å². The Labute approximate surface area is 183 Å². The molecule has 3 rings (SSSR count). The van der Waals surface area contributed by atoms with Crippen LogP contribution in [-0.2, 0) is 24.3 Å². The van der Waals surface area contributed by atoms with E-state index >= 15 is 0 Å². The molecule has 168 valence electrons. The zero-order chi connectivity index (χ0) is 22.4. The molecular formula is C22H29N3O5S. The molecule has 0 aromatic heterocycles. The summed E-state index contributed by atoms with van der Waals surface area (Å²) in [5.74, 6) is -0.274. The van der Waals surface area contributed by atoms with Gasteiger partial charge in [-0.1, -0.05) is 18.2 Å². The summed E-state index contributed by atoms with van der Waals surface area (Å²) in [5.41, 5.74) is 2.87. The van der Waals surface area contributed by atoms with Gasteiger partial charge in [0, 0.05) is 31.6 Å². The van der Waals surface area contributed by atoms with Crippen LogP contribution in [0.15, 0.2) is 47.4 Å². The highest BCUT2D eigenvalue weighted by molar-refractivity contribution is 7.89. The fourth-order valence-electron chi connectivity index (χ4n) is 3.31. The van der Waals surface area contributed by atoms with Gasteiger partial charge in [0.2, 0.25) is 15.9 Å². The van der Waals surface area contributed by atoms with E-state index in [0.29, 0.717) is 37.6 Å². The van der Waals surface area contributed by atoms with Gasteiger partial charge in [0.1, 0.15) is 0 Å². The Hall–Kier alpha value is -2.46. The van der Waals surface area contributed by atoms with E-state index in [-0.39, 0.29) is 23.5 Å². The van der Waals surface area contributed by atoms with E-state index < -0.39 is 10.0 Å². The molecular weight excluding hydrogens is 418 g/mol. The van der Waals surface area contributed by atoms with Crippen molar-refractivity contribution in [3.8, 4) is 0 Å². The first-order valence-electron chi connectivity index (χ1n) is 10.2. The predicted molar refractivity (Wildman–Crippen MR) is 120 cm³/mol. The van der Waals surface area contributed by atoms with Crippen molar-refractivity contribution >= 4 is 27.3 Å². The summed E-state index contributed by atoms with van der Waals surface area (Å²) in [6, 6.07) is 12.6. The molecule has 1 unspecified atom stereocenters. The Balaban J connectivity index is 1.66. The minimum absolute atomic E-state index is 0.0459. The highest BCUT2D eigenvalue weighted by Crippen LogP contribution is 2.24. The summed E-state index contributed by atoms with van der Waals surface area (Å²) >= 11 is 0. The number of sulfonamides is 1. The number of carbonyl (C=O) groups excluding carboxylic acids is 1. The molecule has 1 aliphatic heterocycles. The second-order valence-electron chi connectivity index (χ2n) is 7.40. The van der Waals surface area contributed by atoms with Crippen molar-refractivity contribution < 1.29 is 22.7 Å². The van der Waals surface area contributed by atoms with Crippen LogP contribution in [0.2, 0.25) is 0 Å². The Morgan fingerprint density at radius 1 is 1.16 bits per heavy atom. The Morgan fingerprint density at radius 2 is 1.90 bits per heavy atom. The summed E-state index contributed by atoms with van der Waals surface area (Å²) in [7, 11) is -2.00. The number of hydrogen-bond acceptors (Lipinski definition) is 6. The maximum absolute atomic E-state index is 13.0. The molecule has 1 fully saturated rings. The third-order valence-corrected chi connectivity index (χ3v) is 7.26. The molecule has 1 amide bonds. The van der Waals surface area contributed by atoms with Crippen LogP contribution in [0.3, 0.4) is 0 Å². The molecule has 2 aromatic carbocycles. The zero-order valence-electron chi connectivity index (χ0n) is 18.1. The van der Waals surface area contributed by atoms with Gasteiger partial charge in [-0.2, -0.15) is 4.31 Å². The number of aryl methyl sites for hydroxylation is 1. The van der Waals surface area contributed by atoms with Crippen LogP contribution in [0.4, 0.5) is 11.4 Å². The van der Waals surface area contributed by atoms with Gasteiger partial charge in [-0.25, -0.2) is 8.42 Å². The Kier molecular flexibility index (Phi) is 7.66. The summed E-state index contributed by atoms with van der Waals surface area (Å²) in [4.78, 5) is 12.6. The third kappa shape index (κ3) is 5.82. The van der Waals surface area contributed by atoms with Crippen LogP contribution in [0.1, 0.15) is 24.2 Å². The summed E-state index contributed by atoms with van der Waals surface area (Å²) in [5, 5.41) is 5.85. The van der Waals surface area contributed by atoms with Crippen LogP contribution in [0.5, 0.6) is 0 Å². The van der Waals surface area contributed by atoms with Crippen molar-refractivity contribution in [2.24, 2.45) is 0 Å². The van der Waals surface area contributed by atoms with E-state index in [1.165, 1.54) is 10.4 Å². The number of ether oxygens (including phenoxy) is 2. The average molecular weight is 448 g/mol. The van der Waals surface area contributed by atoms with E-state index in [1.54, 1.807) is 26.2 Å². The third-order valence-electron chi connectivity index (χ3n) is 5.22. The number of amides is 1. The quantitative estimate of drug-likeness (QED) is 0.646. The molecule has 1 atom stereocenters. The van der Waals surface area contributed by atoms with Gasteiger partial charge < -0.3 is 20.1 Å². The molecule has 1 heterocycles. The highest BCUT2D eigenvalue weighted by atomic mass is 32.2. The minimum atomic E-state index is -3.65. The first-order chi connectivity index (χ1) is 14.8. The minimum Gasteiger partial charge on any atom is -0.379 e.